The minimum atomic E-state index is -0.353. The monoisotopic (exact) mass is 553 g/mol. The number of nitrogens with zero attached hydrogens (tertiary/aromatic N) is 1. The van der Waals surface area contributed by atoms with Crippen molar-refractivity contribution in [2.75, 3.05) is 19.0 Å². The Labute approximate surface area is 219 Å². The number of halogens is 1. The Balaban J connectivity index is 1.59. The molecule has 0 aliphatic carbocycles. The highest BCUT2D eigenvalue weighted by molar-refractivity contribution is 9.10. The van der Waals surface area contributed by atoms with Crippen molar-refractivity contribution in [1.82, 2.24) is 10.2 Å². The second-order valence-electron chi connectivity index (χ2n) is 8.49. The predicted molar refractivity (Wildman–Crippen MR) is 147 cm³/mol. The lowest BCUT2D eigenvalue weighted by atomic mass is 10.1. The zero-order valence-electron chi connectivity index (χ0n) is 19.9. The van der Waals surface area contributed by atoms with Crippen molar-refractivity contribution in [3.8, 4) is 5.75 Å². The van der Waals surface area contributed by atoms with Gasteiger partial charge in [0, 0.05) is 30.4 Å². The van der Waals surface area contributed by atoms with Crippen LogP contribution in [0.2, 0.25) is 0 Å². The molecule has 0 saturated carbocycles. The lowest BCUT2D eigenvalue weighted by Gasteiger charge is -2.18. The largest absolute Gasteiger partial charge is 0.492 e. The molecule has 3 rings (SSSR count). The third kappa shape index (κ3) is 7.90. The maximum absolute atomic E-state index is 12.9. The molecule has 3 aromatic carbocycles. The van der Waals surface area contributed by atoms with Crippen LogP contribution >= 0.6 is 28.1 Å². The van der Waals surface area contributed by atoms with E-state index in [1.54, 1.807) is 54.4 Å². The molecule has 2 amide bonds. The number of thiocarbonyl (C=S) groups is 1. The van der Waals surface area contributed by atoms with Gasteiger partial charge in [-0.3, -0.25) is 14.9 Å². The molecule has 2 N–H and O–H groups in total. The van der Waals surface area contributed by atoms with Crippen LogP contribution in [0.15, 0.2) is 77.3 Å². The molecule has 0 aromatic heterocycles. The van der Waals surface area contributed by atoms with Crippen LogP contribution in [0.4, 0.5) is 5.69 Å². The van der Waals surface area contributed by atoms with E-state index in [4.69, 9.17) is 17.0 Å². The van der Waals surface area contributed by atoms with Gasteiger partial charge < -0.3 is 15.0 Å². The molecule has 3 aromatic rings. The molecule has 0 aliphatic heterocycles. The summed E-state index contributed by atoms with van der Waals surface area (Å²) in [5.41, 5.74) is 2.61. The molecule has 0 aliphatic rings. The highest BCUT2D eigenvalue weighted by atomic mass is 79.9. The molecule has 0 unspecified atom stereocenters. The summed E-state index contributed by atoms with van der Waals surface area (Å²) < 4.78 is 6.42. The summed E-state index contributed by atoms with van der Waals surface area (Å²) >= 11 is 8.76. The highest BCUT2D eigenvalue weighted by Crippen LogP contribution is 2.26. The van der Waals surface area contributed by atoms with Gasteiger partial charge in [0.25, 0.3) is 11.8 Å². The molecule has 182 valence electrons. The van der Waals surface area contributed by atoms with E-state index in [0.29, 0.717) is 46.1 Å². The number of ether oxygens (including phenoxy) is 1. The first-order chi connectivity index (χ1) is 16.7. The summed E-state index contributed by atoms with van der Waals surface area (Å²) in [6.45, 7) is 5.22. The van der Waals surface area contributed by atoms with Crippen LogP contribution in [0.25, 0.3) is 0 Å². The molecule has 0 bridgehead atoms. The average molecular weight is 555 g/mol. The summed E-state index contributed by atoms with van der Waals surface area (Å²) in [5, 5.41) is 5.78. The van der Waals surface area contributed by atoms with E-state index in [9.17, 15) is 9.59 Å². The van der Waals surface area contributed by atoms with Crippen LogP contribution in [-0.2, 0) is 6.54 Å². The number of amides is 2. The van der Waals surface area contributed by atoms with Crippen molar-refractivity contribution >= 4 is 50.8 Å². The van der Waals surface area contributed by atoms with Crippen molar-refractivity contribution in [3.63, 3.8) is 0 Å². The van der Waals surface area contributed by atoms with Crippen LogP contribution < -0.4 is 15.4 Å². The van der Waals surface area contributed by atoms with Crippen molar-refractivity contribution in [1.29, 1.82) is 0 Å². The Bertz CT molecular complexity index is 1200. The number of rotatable bonds is 8. The quantitative estimate of drug-likeness (QED) is 0.340. The van der Waals surface area contributed by atoms with Gasteiger partial charge in [0.05, 0.1) is 11.1 Å². The lowest BCUT2D eigenvalue weighted by molar-refractivity contribution is 0.0785. The minimum absolute atomic E-state index is 0.114. The molecule has 0 heterocycles. The Kier molecular flexibility index (Phi) is 9.39. The molecular weight excluding hydrogens is 526 g/mol. The molecule has 0 spiro atoms. The van der Waals surface area contributed by atoms with Gasteiger partial charge in [0.2, 0.25) is 0 Å². The molecule has 0 saturated heterocycles. The first-order valence-electron chi connectivity index (χ1n) is 11.2. The maximum Gasteiger partial charge on any atom is 0.257 e. The van der Waals surface area contributed by atoms with E-state index in [2.05, 4.69) is 40.4 Å². The first-order valence-corrected chi connectivity index (χ1v) is 12.4. The van der Waals surface area contributed by atoms with Gasteiger partial charge in [-0.2, -0.15) is 0 Å². The second-order valence-corrected chi connectivity index (χ2v) is 9.75. The van der Waals surface area contributed by atoms with Crippen LogP contribution in [0.3, 0.4) is 0 Å². The third-order valence-electron chi connectivity index (χ3n) is 4.97. The number of anilines is 1. The smallest absolute Gasteiger partial charge is 0.257 e. The Hall–Kier alpha value is -3.23. The van der Waals surface area contributed by atoms with Crippen LogP contribution in [0.5, 0.6) is 5.75 Å². The maximum atomic E-state index is 12.9. The Morgan fingerprint density at radius 3 is 2.43 bits per heavy atom. The Morgan fingerprint density at radius 1 is 1.00 bits per heavy atom. The van der Waals surface area contributed by atoms with Crippen LogP contribution in [0.1, 0.15) is 40.1 Å². The molecule has 8 heteroatoms. The standard InChI is InChI=1S/C27H28BrN3O3S/c1-18(2)17-34-24-13-12-20(15-23(24)28)25(32)30-27(35)29-22-11-7-10-21(14-22)26(33)31(3)16-19-8-5-4-6-9-19/h4-15,18H,16-17H2,1-3H3,(H2,29,30,32,35). The summed E-state index contributed by atoms with van der Waals surface area (Å²) in [7, 11) is 1.76. The molecule has 0 fully saturated rings. The molecular formula is C27H28BrN3O3S. The summed E-state index contributed by atoms with van der Waals surface area (Å²) in [6, 6.07) is 21.9. The highest BCUT2D eigenvalue weighted by Gasteiger charge is 2.14. The van der Waals surface area contributed by atoms with Gasteiger partial charge in [0.15, 0.2) is 5.11 Å². The normalized spacial score (nSPS) is 10.5. The van der Waals surface area contributed by atoms with Crippen molar-refractivity contribution in [2.45, 2.75) is 20.4 Å². The number of benzene rings is 3. The summed E-state index contributed by atoms with van der Waals surface area (Å²) in [5.74, 6) is 0.603. The second kappa shape index (κ2) is 12.5. The minimum Gasteiger partial charge on any atom is -0.492 e. The van der Waals surface area contributed by atoms with Gasteiger partial charge in [-0.1, -0.05) is 50.2 Å². The zero-order chi connectivity index (χ0) is 25.4. The van der Waals surface area contributed by atoms with E-state index in [0.717, 1.165) is 5.56 Å². The van der Waals surface area contributed by atoms with Crippen molar-refractivity contribution in [3.05, 3.63) is 94.0 Å². The predicted octanol–water partition coefficient (Wildman–Crippen LogP) is 5.88. The van der Waals surface area contributed by atoms with Gasteiger partial charge in [-0.15, -0.1) is 0 Å². The average Bonchev–Trinajstić information content (AvgIpc) is 2.83. The van der Waals surface area contributed by atoms with Crippen molar-refractivity contribution < 1.29 is 14.3 Å². The van der Waals surface area contributed by atoms with Gasteiger partial charge >= 0.3 is 0 Å². The van der Waals surface area contributed by atoms with Crippen molar-refractivity contribution in [2.24, 2.45) is 5.92 Å². The van der Waals surface area contributed by atoms with E-state index >= 15 is 0 Å². The van der Waals surface area contributed by atoms with E-state index in [1.165, 1.54) is 0 Å². The summed E-state index contributed by atoms with van der Waals surface area (Å²) in [4.78, 5) is 27.2. The number of nitrogens with one attached hydrogen (secondary N) is 2. The molecule has 6 nitrogen and oxygen atoms in total. The number of hydrogen-bond acceptors (Lipinski definition) is 4. The van der Waals surface area contributed by atoms with E-state index < -0.39 is 0 Å². The van der Waals surface area contributed by atoms with Crippen LogP contribution in [0, 0.1) is 5.92 Å². The lowest BCUT2D eigenvalue weighted by Crippen LogP contribution is -2.34. The van der Waals surface area contributed by atoms with Crippen LogP contribution in [-0.4, -0.2) is 35.5 Å². The number of hydrogen-bond donors (Lipinski definition) is 2. The fourth-order valence-electron chi connectivity index (χ4n) is 3.23. The van der Waals surface area contributed by atoms with E-state index in [-0.39, 0.29) is 16.9 Å². The fourth-order valence-corrected chi connectivity index (χ4v) is 3.94. The topological polar surface area (TPSA) is 70.7 Å². The molecule has 0 atom stereocenters. The van der Waals surface area contributed by atoms with Gasteiger partial charge in [-0.25, -0.2) is 0 Å². The van der Waals surface area contributed by atoms with E-state index in [1.807, 2.05) is 30.3 Å². The third-order valence-corrected chi connectivity index (χ3v) is 5.79. The summed E-state index contributed by atoms with van der Waals surface area (Å²) in [6.07, 6.45) is 0. The molecule has 35 heavy (non-hydrogen) atoms. The van der Waals surface area contributed by atoms with Gasteiger partial charge in [0.1, 0.15) is 5.75 Å². The fraction of sp³-hybridized carbons (Fsp3) is 0.222. The van der Waals surface area contributed by atoms with Gasteiger partial charge in [-0.05, 0) is 76.0 Å². The molecule has 0 radical (unpaired) electrons. The SMILES string of the molecule is CC(C)COc1ccc(C(=O)NC(=S)Nc2cccc(C(=O)N(C)Cc3ccccc3)c2)cc1Br. The number of carbonyl (C=O) groups excluding carboxylic acids is 2. The zero-order valence-corrected chi connectivity index (χ0v) is 22.3. The first kappa shape index (κ1) is 26.4. The number of carbonyl (C=O) groups is 2. The Morgan fingerprint density at radius 2 is 1.74 bits per heavy atom.